The van der Waals surface area contributed by atoms with Crippen molar-refractivity contribution in [2.24, 2.45) is 35.5 Å². The Balaban J connectivity index is 1.57. The molecule has 1 saturated heterocycles. The fourth-order valence-corrected chi connectivity index (χ4v) is 5.84. The molecule has 4 aliphatic carbocycles. The predicted molar refractivity (Wildman–Crippen MR) is 86.4 cm³/mol. The van der Waals surface area contributed by atoms with Crippen LogP contribution in [0.25, 0.3) is 0 Å². The lowest BCUT2D eigenvalue weighted by atomic mass is 9.59. The van der Waals surface area contributed by atoms with Gasteiger partial charge in [0.15, 0.2) is 0 Å². The van der Waals surface area contributed by atoms with E-state index in [4.69, 9.17) is 11.6 Å². The second-order valence-electron chi connectivity index (χ2n) is 7.13. The van der Waals surface area contributed by atoms with Gasteiger partial charge in [0.25, 0.3) is 0 Å². The Labute approximate surface area is 142 Å². The maximum atomic E-state index is 13.0. The zero-order chi connectivity index (χ0) is 15.2. The van der Waals surface area contributed by atoms with Crippen molar-refractivity contribution in [2.75, 3.05) is 4.90 Å². The standard InChI is InChI=1S/C17H15BrClNO2/c18-12-4-1-7(5-13(12)19)20-16(21)14-8-2-3-9(11-6-10(8)11)15(14)17(20)22/h1,4-5,8-11,14-15H,2-3,6H2/t8-,9+,10-,11+,14-,15+. The van der Waals surface area contributed by atoms with Crippen molar-refractivity contribution in [2.45, 2.75) is 19.3 Å². The van der Waals surface area contributed by atoms with Crippen LogP contribution in [0.5, 0.6) is 0 Å². The van der Waals surface area contributed by atoms with Gasteiger partial charge in [-0.2, -0.15) is 0 Å². The molecule has 0 spiro atoms. The molecule has 6 rings (SSSR count). The number of hydrogen-bond acceptors (Lipinski definition) is 2. The lowest BCUT2D eigenvalue weighted by Gasteiger charge is -2.42. The number of amides is 2. The van der Waals surface area contributed by atoms with Crippen LogP contribution in [0.4, 0.5) is 5.69 Å². The van der Waals surface area contributed by atoms with E-state index in [0.717, 1.165) is 17.3 Å². The maximum Gasteiger partial charge on any atom is 0.237 e. The number of fused-ring (bicyclic) bond motifs is 1. The first kappa shape index (κ1) is 13.6. The monoisotopic (exact) mass is 379 g/mol. The first-order valence-corrected chi connectivity index (χ1v) is 9.08. The third-order valence-corrected chi connectivity index (χ3v) is 7.54. The van der Waals surface area contributed by atoms with Gasteiger partial charge in [0, 0.05) is 4.47 Å². The molecule has 22 heavy (non-hydrogen) atoms. The van der Waals surface area contributed by atoms with E-state index in [-0.39, 0.29) is 23.7 Å². The SMILES string of the molecule is O=C1[C@@H]2[C@@H]3CC[C@@H]([C@@H]4C[C@@H]43)[C@@H]2C(=O)N1c1ccc(Br)c(Cl)c1. The van der Waals surface area contributed by atoms with Gasteiger partial charge in [-0.15, -0.1) is 0 Å². The fraction of sp³-hybridized carbons (Fsp3) is 0.529. The summed E-state index contributed by atoms with van der Waals surface area (Å²) in [4.78, 5) is 27.3. The summed E-state index contributed by atoms with van der Waals surface area (Å²) >= 11 is 9.50. The molecule has 2 bridgehead atoms. The Hall–Kier alpha value is -0.870. The molecule has 4 saturated carbocycles. The first-order valence-electron chi connectivity index (χ1n) is 7.91. The van der Waals surface area contributed by atoms with E-state index in [1.54, 1.807) is 18.2 Å². The minimum absolute atomic E-state index is 0.00781. The van der Waals surface area contributed by atoms with E-state index in [1.807, 2.05) is 0 Å². The van der Waals surface area contributed by atoms with Crippen molar-refractivity contribution in [3.8, 4) is 0 Å². The summed E-state index contributed by atoms with van der Waals surface area (Å²) in [6.45, 7) is 0. The third-order valence-electron chi connectivity index (χ3n) is 6.31. The highest BCUT2D eigenvalue weighted by molar-refractivity contribution is 9.10. The summed E-state index contributed by atoms with van der Waals surface area (Å²) in [5, 5.41) is 0.527. The molecule has 1 aromatic rings. The van der Waals surface area contributed by atoms with E-state index in [0.29, 0.717) is 34.4 Å². The average Bonchev–Trinajstić information content (AvgIpc) is 3.28. The van der Waals surface area contributed by atoms with Gasteiger partial charge in [-0.05, 0) is 77.1 Å². The molecule has 0 radical (unpaired) electrons. The van der Waals surface area contributed by atoms with Crippen molar-refractivity contribution in [3.63, 3.8) is 0 Å². The molecule has 5 heteroatoms. The van der Waals surface area contributed by atoms with Crippen LogP contribution in [0.2, 0.25) is 5.02 Å². The number of imide groups is 1. The molecular formula is C17H15BrClNO2. The van der Waals surface area contributed by atoms with Crippen LogP contribution in [0.15, 0.2) is 22.7 Å². The number of rotatable bonds is 1. The average molecular weight is 381 g/mol. The van der Waals surface area contributed by atoms with E-state index < -0.39 is 0 Å². The van der Waals surface area contributed by atoms with E-state index in [2.05, 4.69) is 15.9 Å². The summed E-state index contributed by atoms with van der Waals surface area (Å²) in [7, 11) is 0. The van der Waals surface area contributed by atoms with E-state index >= 15 is 0 Å². The molecule has 3 nitrogen and oxygen atoms in total. The number of nitrogens with zero attached hydrogens (tertiary/aromatic N) is 1. The molecule has 0 aromatic heterocycles. The third kappa shape index (κ3) is 1.58. The van der Waals surface area contributed by atoms with Gasteiger partial charge in [0.05, 0.1) is 22.5 Å². The first-order chi connectivity index (χ1) is 10.6. The summed E-state index contributed by atoms with van der Waals surface area (Å²) in [6, 6.07) is 5.30. The number of anilines is 1. The zero-order valence-electron chi connectivity index (χ0n) is 11.8. The molecule has 5 fully saturated rings. The van der Waals surface area contributed by atoms with Gasteiger partial charge >= 0.3 is 0 Å². The van der Waals surface area contributed by atoms with E-state index in [9.17, 15) is 9.59 Å². The Morgan fingerprint density at radius 2 is 1.59 bits per heavy atom. The number of carbonyl (C=O) groups excluding carboxylic acids is 2. The highest BCUT2D eigenvalue weighted by atomic mass is 79.9. The molecule has 0 unspecified atom stereocenters. The smallest absolute Gasteiger partial charge is 0.237 e. The van der Waals surface area contributed by atoms with E-state index in [1.165, 1.54) is 11.3 Å². The summed E-state index contributed by atoms with van der Waals surface area (Å²) in [5.74, 6) is 2.17. The Morgan fingerprint density at radius 1 is 1.00 bits per heavy atom. The zero-order valence-corrected chi connectivity index (χ0v) is 14.2. The summed E-state index contributed by atoms with van der Waals surface area (Å²) in [6.07, 6.45) is 3.49. The molecule has 0 N–H and O–H groups in total. The highest BCUT2D eigenvalue weighted by Crippen LogP contribution is 2.68. The van der Waals surface area contributed by atoms with Crippen LogP contribution in [0.1, 0.15) is 19.3 Å². The van der Waals surface area contributed by atoms with Crippen LogP contribution in [0, 0.1) is 35.5 Å². The molecule has 2 amide bonds. The second-order valence-corrected chi connectivity index (χ2v) is 8.39. The fourth-order valence-electron chi connectivity index (χ4n) is 5.42. The van der Waals surface area contributed by atoms with Gasteiger partial charge < -0.3 is 0 Å². The number of benzene rings is 1. The van der Waals surface area contributed by atoms with Crippen LogP contribution < -0.4 is 4.90 Å². The summed E-state index contributed by atoms with van der Waals surface area (Å²) in [5.41, 5.74) is 0.616. The van der Waals surface area contributed by atoms with Crippen molar-refractivity contribution in [3.05, 3.63) is 27.7 Å². The Kier molecular flexibility index (Phi) is 2.68. The second kappa shape index (κ2) is 4.35. The molecule has 114 valence electrons. The molecule has 1 aromatic carbocycles. The minimum atomic E-state index is -0.0718. The van der Waals surface area contributed by atoms with Gasteiger partial charge in [-0.25, -0.2) is 4.90 Å². The van der Waals surface area contributed by atoms with Crippen LogP contribution >= 0.6 is 27.5 Å². The topological polar surface area (TPSA) is 37.4 Å². The van der Waals surface area contributed by atoms with Crippen LogP contribution in [-0.2, 0) is 9.59 Å². The van der Waals surface area contributed by atoms with Crippen LogP contribution in [0.3, 0.4) is 0 Å². The van der Waals surface area contributed by atoms with Gasteiger partial charge in [0.1, 0.15) is 0 Å². The molecular weight excluding hydrogens is 366 g/mol. The van der Waals surface area contributed by atoms with Gasteiger partial charge in [0.2, 0.25) is 11.8 Å². The number of carbonyl (C=O) groups is 2. The minimum Gasteiger partial charge on any atom is -0.274 e. The predicted octanol–water partition coefficient (Wildman–Crippen LogP) is 3.88. The molecule has 1 aliphatic heterocycles. The Morgan fingerprint density at radius 3 is 2.14 bits per heavy atom. The lowest BCUT2D eigenvalue weighted by Crippen LogP contribution is -2.43. The largest absolute Gasteiger partial charge is 0.274 e. The van der Waals surface area contributed by atoms with Crippen molar-refractivity contribution >= 4 is 45.0 Å². The van der Waals surface area contributed by atoms with Gasteiger partial charge in [-0.3, -0.25) is 9.59 Å². The molecule has 5 aliphatic rings. The van der Waals surface area contributed by atoms with Crippen molar-refractivity contribution in [1.82, 2.24) is 0 Å². The van der Waals surface area contributed by atoms with Crippen LogP contribution in [-0.4, -0.2) is 11.8 Å². The maximum absolute atomic E-state index is 13.0. The van der Waals surface area contributed by atoms with Crippen molar-refractivity contribution < 1.29 is 9.59 Å². The highest BCUT2D eigenvalue weighted by Gasteiger charge is 2.68. The normalized spacial score (nSPS) is 41.6. The van der Waals surface area contributed by atoms with Crippen molar-refractivity contribution in [1.29, 1.82) is 0 Å². The Bertz CT molecular complexity index is 687. The number of halogens is 2. The van der Waals surface area contributed by atoms with Gasteiger partial charge in [-0.1, -0.05) is 11.6 Å². The quantitative estimate of drug-likeness (QED) is 0.693. The summed E-state index contributed by atoms with van der Waals surface area (Å²) < 4.78 is 0.774. The molecule has 6 atom stereocenters. The lowest BCUT2D eigenvalue weighted by molar-refractivity contribution is -0.129. The number of hydrogen-bond donors (Lipinski definition) is 0. The molecule has 1 heterocycles.